The van der Waals surface area contributed by atoms with Gasteiger partial charge in [-0.25, -0.2) is 13.6 Å². The molecule has 0 radical (unpaired) electrons. The van der Waals surface area contributed by atoms with Gasteiger partial charge in [0.25, 0.3) is 0 Å². The number of hydrogen-bond donors (Lipinski definition) is 3. The number of pyridine rings is 1. The maximum atomic E-state index is 15.4. The fourth-order valence-corrected chi connectivity index (χ4v) is 6.19. The average molecular weight is 739 g/mol. The first-order valence-electron chi connectivity index (χ1n) is 17.1. The topological polar surface area (TPSA) is 149 Å². The van der Waals surface area contributed by atoms with Crippen LogP contribution >= 0.6 is 0 Å². The number of benzene rings is 4. The molecule has 2 aliphatic carbocycles. The molecule has 0 saturated heterocycles. The Labute approximate surface area is 308 Å². The summed E-state index contributed by atoms with van der Waals surface area (Å²) in [6.45, 7) is 0.266. The molecule has 0 atom stereocenters. The second-order valence-corrected chi connectivity index (χ2v) is 13.3. The molecular formula is C40H36F2N4O8. The number of ether oxygens (including phenoxy) is 4. The van der Waals surface area contributed by atoms with Crippen molar-refractivity contribution in [2.45, 2.75) is 37.8 Å². The molecule has 2 aliphatic rings. The van der Waals surface area contributed by atoms with Gasteiger partial charge in [0.15, 0.2) is 23.1 Å². The molecule has 2 saturated carbocycles. The standard InChI is InChI=1S/C40H36F2N4O8/c1-51-28-10-3-24(4-11-28)22-46(38(49)50)39(14-15-39)23-53-35-21-31-29(20-34(35)52-2)32(13-18-43-31)54-33-12-9-27(19-30(33)42)45-37(48)40(16-17-40)36(47)44-26-7-5-25(41)6-8-26/h3-13,18-21H,14-17,22-23H2,1-2H3,(H,44,47)(H,45,48)(H,49,50). The first-order valence-corrected chi connectivity index (χ1v) is 17.1. The zero-order valence-electron chi connectivity index (χ0n) is 29.4. The number of amides is 3. The van der Waals surface area contributed by atoms with E-state index in [4.69, 9.17) is 18.9 Å². The number of fused-ring (bicyclic) bond motifs is 1. The Balaban J connectivity index is 1.03. The van der Waals surface area contributed by atoms with E-state index in [0.717, 1.165) is 11.6 Å². The number of carbonyl (C=O) groups is 3. The lowest BCUT2D eigenvalue weighted by molar-refractivity contribution is -0.131. The summed E-state index contributed by atoms with van der Waals surface area (Å²) in [5.41, 5.74) is -0.274. The molecule has 278 valence electrons. The summed E-state index contributed by atoms with van der Waals surface area (Å²) in [6, 6.07) is 21.2. The molecule has 3 amide bonds. The second-order valence-electron chi connectivity index (χ2n) is 13.3. The van der Waals surface area contributed by atoms with E-state index >= 15 is 4.39 Å². The van der Waals surface area contributed by atoms with Gasteiger partial charge in [0, 0.05) is 41.6 Å². The largest absolute Gasteiger partial charge is 0.497 e. The summed E-state index contributed by atoms with van der Waals surface area (Å²) >= 11 is 0. The van der Waals surface area contributed by atoms with Crippen LogP contribution in [0.4, 0.5) is 25.0 Å². The van der Waals surface area contributed by atoms with Gasteiger partial charge < -0.3 is 34.7 Å². The van der Waals surface area contributed by atoms with Gasteiger partial charge in [-0.05, 0) is 91.9 Å². The quantitative estimate of drug-likeness (QED) is 0.0972. The normalized spacial score (nSPS) is 14.7. The second kappa shape index (κ2) is 14.5. The summed E-state index contributed by atoms with van der Waals surface area (Å²) in [6.07, 6.45) is 2.32. The highest BCUT2D eigenvalue weighted by atomic mass is 19.1. The molecule has 4 aromatic carbocycles. The van der Waals surface area contributed by atoms with Crippen molar-refractivity contribution >= 4 is 40.2 Å². The van der Waals surface area contributed by atoms with Crippen LogP contribution < -0.4 is 29.6 Å². The minimum absolute atomic E-state index is 0.0850. The van der Waals surface area contributed by atoms with Crippen LogP contribution in [0.2, 0.25) is 0 Å². The van der Waals surface area contributed by atoms with E-state index in [-0.39, 0.29) is 30.3 Å². The molecule has 0 aliphatic heterocycles. The van der Waals surface area contributed by atoms with Crippen molar-refractivity contribution in [1.29, 1.82) is 0 Å². The number of halogens is 2. The van der Waals surface area contributed by atoms with Crippen molar-refractivity contribution < 1.29 is 47.2 Å². The Kier molecular flexibility index (Phi) is 9.67. The highest BCUT2D eigenvalue weighted by molar-refractivity contribution is 6.16. The zero-order valence-corrected chi connectivity index (χ0v) is 29.4. The molecule has 14 heteroatoms. The van der Waals surface area contributed by atoms with Crippen LogP contribution in [0.5, 0.6) is 28.7 Å². The number of hydrogen-bond acceptors (Lipinski definition) is 8. The van der Waals surface area contributed by atoms with Crippen LogP contribution in [0.25, 0.3) is 10.9 Å². The van der Waals surface area contributed by atoms with E-state index in [9.17, 15) is 23.9 Å². The molecule has 0 spiro atoms. The fraction of sp³-hybridized carbons (Fsp3) is 0.250. The van der Waals surface area contributed by atoms with Gasteiger partial charge in [-0.15, -0.1) is 0 Å². The van der Waals surface area contributed by atoms with Crippen molar-refractivity contribution in [2.24, 2.45) is 5.41 Å². The highest BCUT2D eigenvalue weighted by Gasteiger charge is 2.56. The maximum Gasteiger partial charge on any atom is 0.408 e. The van der Waals surface area contributed by atoms with Gasteiger partial charge in [-0.3, -0.25) is 19.5 Å². The Hall–Kier alpha value is -6.44. The average Bonchev–Trinajstić information content (AvgIpc) is 4.11. The van der Waals surface area contributed by atoms with Gasteiger partial charge in [-0.1, -0.05) is 12.1 Å². The first-order chi connectivity index (χ1) is 26.0. The van der Waals surface area contributed by atoms with Crippen LogP contribution in [-0.2, 0) is 16.1 Å². The number of aromatic nitrogens is 1. The predicted octanol–water partition coefficient (Wildman–Crippen LogP) is 7.77. The molecule has 1 aromatic heterocycles. The van der Waals surface area contributed by atoms with E-state index in [1.807, 2.05) is 12.1 Å². The van der Waals surface area contributed by atoms with Crippen molar-refractivity contribution in [3.63, 3.8) is 0 Å². The van der Waals surface area contributed by atoms with Gasteiger partial charge in [0.2, 0.25) is 11.8 Å². The summed E-state index contributed by atoms with van der Waals surface area (Å²) in [4.78, 5) is 44.2. The Morgan fingerprint density at radius 2 is 1.46 bits per heavy atom. The minimum atomic E-state index is -1.32. The molecule has 0 unspecified atom stereocenters. The van der Waals surface area contributed by atoms with Crippen LogP contribution in [0, 0.1) is 17.0 Å². The molecule has 3 N–H and O–H groups in total. The molecule has 7 rings (SSSR count). The van der Waals surface area contributed by atoms with Crippen LogP contribution in [0.3, 0.4) is 0 Å². The van der Waals surface area contributed by atoms with Crippen molar-refractivity contribution in [3.05, 3.63) is 108 Å². The molecule has 0 bridgehead atoms. The third-order valence-corrected chi connectivity index (χ3v) is 9.74. The molecule has 2 fully saturated rings. The Bertz CT molecular complexity index is 2220. The Morgan fingerprint density at radius 3 is 2.07 bits per heavy atom. The predicted molar refractivity (Wildman–Crippen MR) is 194 cm³/mol. The lowest BCUT2D eigenvalue weighted by Crippen LogP contribution is -2.44. The number of anilines is 2. The monoisotopic (exact) mass is 738 g/mol. The van der Waals surface area contributed by atoms with Gasteiger partial charge in [0.05, 0.1) is 25.3 Å². The summed E-state index contributed by atoms with van der Waals surface area (Å²) in [7, 11) is 3.04. The lowest BCUT2D eigenvalue weighted by atomic mass is 10.0. The van der Waals surface area contributed by atoms with E-state index in [0.29, 0.717) is 59.5 Å². The molecule has 12 nitrogen and oxygen atoms in total. The zero-order chi connectivity index (χ0) is 38.0. The third kappa shape index (κ3) is 7.40. The number of carboxylic acid groups (broad SMARTS) is 1. The minimum Gasteiger partial charge on any atom is -0.497 e. The van der Waals surface area contributed by atoms with Crippen molar-refractivity contribution in [3.8, 4) is 28.7 Å². The Morgan fingerprint density at radius 1 is 0.778 bits per heavy atom. The fourth-order valence-electron chi connectivity index (χ4n) is 6.19. The van der Waals surface area contributed by atoms with E-state index in [1.54, 1.807) is 37.4 Å². The van der Waals surface area contributed by atoms with Crippen LogP contribution in [-0.4, -0.2) is 59.3 Å². The number of nitrogens with one attached hydrogen (secondary N) is 2. The number of carbonyl (C=O) groups excluding carboxylic acids is 2. The van der Waals surface area contributed by atoms with E-state index in [1.165, 1.54) is 54.6 Å². The lowest BCUT2D eigenvalue weighted by Gasteiger charge is -2.30. The van der Waals surface area contributed by atoms with Crippen LogP contribution in [0.15, 0.2) is 91.1 Å². The maximum absolute atomic E-state index is 15.4. The van der Waals surface area contributed by atoms with Gasteiger partial charge in [0.1, 0.15) is 29.3 Å². The molecule has 1 heterocycles. The van der Waals surface area contributed by atoms with Gasteiger partial charge in [-0.2, -0.15) is 0 Å². The van der Waals surface area contributed by atoms with E-state index in [2.05, 4.69) is 15.6 Å². The van der Waals surface area contributed by atoms with Crippen molar-refractivity contribution in [2.75, 3.05) is 31.5 Å². The smallest absolute Gasteiger partial charge is 0.408 e. The molecule has 5 aromatic rings. The summed E-state index contributed by atoms with van der Waals surface area (Å²) in [5, 5.41) is 15.9. The molecular weight excluding hydrogens is 702 g/mol. The van der Waals surface area contributed by atoms with Crippen LogP contribution in [0.1, 0.15) is 31.2 Å². The third-order valence-electron chi connectivity index (χ3n) is 9.74. The number of nitrogens with zero attached hydrogens (tertiary/aromatic N) is 2. The summed E-state index contributed by atoms with van der Waals surface area (Å²) < 4.78 is 51.7. The number of rotatable bonds is 14. The first kappa shape index (κ1) is 35.9. The summed E-state index contributed by atoms with van der Waals surface area (Å²) in [5.74, 6) is -0.828. The van der Waals surface area contributed by atoms with E-state index < -0.39 is 40.5 Å². The number of methoxy groups -OCH3 is 2. The van der Waals surface area contributed by atoms with Crippen molar-refractivity contribution in [1.82, 2.24) is 9.88 Å². The SMILES string of the molecule is COc1ccc(CN(C(=O)O)C2(COc3cc4nccc(Oc5ccc(NC(=O)C6(C(=O)Nc7ccc(F)cc7)CC6)cc5F)c4cc3OC)CC2)cc1. The van der Waals surface area contributed by atoms with Gasteiger partial charge >= 0.3 is 6.09 Å². The highest BCUT2D eigenvalue weighted by Crippen LogP contribution is 2.48. The molecule has 54 heavy (non-hydrogen) atoms.